The molecule has 0 saturated carbocycles. The molecule has 2 rings (SSSR count). The van der Waals surface area contributed by atoms with Crippen LogP contribution in [-0.4, -0.2) is 16.7 Å². The van der Waals surface area contributed by atoms with E-state index in [-0.39, 0.29) is 0 Å². The summed E-state index contributed by atoms with van der Waals surface area (Å²) in [6.45, 7) is 6.15. The topological polar surface area (TPSA) is 63.2 Å². The van der Waals surface area contributed by atoms with Gasteiger partial charge in [0.2, 0.25) is 0 Å². The predicted molar refractivity (Wildman–Crippen MR) is 85.7 cm³/mol. The highest BCUT2D eigenvalue weighted by Gasteiger charge is 2.16. The predicted octanol–water partition coefficient (Wildman–Crippen LogP) is 4.10. The summed E-state index contributed by atoms with van der Waals surface area (Å²) in [6, 6.07) is 7.48. The third-order valence-corrected chi connectivity index (χ3v) is 3.10. The summed E-state index contributed by atoms with van der Waals surface area (Å²) < 4.78 is 5.22. The number of nitrogens with zero attached hydrogens (tertiary/aromatic N) is 1. The maximum absolute atomic E-state index is 11.7. The van der Waals surface area contributed by atoms with Gasteiger partial charge in [-0.15, -0.1) is 11.3 Å². The van der Waals surface area contributed by atoms with Crippen LogP contribution in [0.2, 0.25) is 0 Å². The van der Waals surface area contributed by atoms with Crippen molar-refractivity contribution < 1.29 is 9.53 Å². The smallest absolute Gasteiger partial charge is 0.412 e. The van der Waals surface area contributed by atoms with Crippen molar-refractivity contribution in [1.82, 2.24) is 4.98 Å². The second-order valence-electron chi connectivity index (χ2n) is 5.54. The van der Waals surface area contributed by atoms with Crippen molar-refractivity contribution in [2.45, 2.75) is 32.9 Å². The van der Waals surface area contributed by atoms with Crippen molar-refractivity contribution in [1.29, 1.82) is 0 Å². The van der Waals surface area contributed by atoms with E-state index in [2.05, 4.69) is 15.6 Å². The molecule has 0 atom stereocenters. The van der Waals surface area contributed by atoms with Crippen LogP contribution in [0.4, 0.5) is 16.2 Å². The summed E-state index contributed by atoms with van der Waals surface area (Å²) in [7, 11) is 0. The van der Waals surface area contributed by atoms with Gasteiger partial charge in [0.05, 0.1) is 17.7 Å². The fourth-order valence-corrected chi connectivity index (χ4v) is 2.20. The number of benzene rings is 1. The summed E-state index contributed by atoms with van der Waals surface area (Å²) in [6.07, 6.45) is -0.459. The first-order valence-corrected chi connectivity index (χ1v) is 7.58. The lowest BCUT2D eigenvalue weighted by Gasteiger charge is -2.19. The van der Waals surface area contributed by atoms with Gasteiger partial charge in [0, 0.05) is 16.8 Å². The molecule has 1 heterocycles. The Labute approximate surface area is 128 Å². The van der Waals surface area contributed by atoms with Gasteiger partial charge in [-0.3, -0.25) is 5.32 Å². The number of rotatable bonds is 4. The van der Waals surface area contributed by atoms with Crippen molar-refractivity contribution in [3.63, 3.8) is 0 Å². The van der Waals surface area contributed by atoms with Gasteiger partial charge in [0.15, 0.2) is 0 Å². The van der Waals surface area contributed by atoms with Gasteiger partial charge in [-0.2, -0.15) is 0 Å². The Morgan fingerprint density at radius 2 is 2.10 bits per heavy atom. The molecule has 0 bridgehead atoms. The molecule has 0 unspecified atom stereocenters. The van der Waals surface area contributed by atoms with Gasteiger partial charge in [-0.1, -0.05) is 6.07 Å². The lowest BCUT2D eigenvalue weighted by molar-refractivity contribution is 0.0636. The zero-order valence-corrected chi connectivity index (χ0v) is 13.2. The Hall–Kier alpha value is -2.08. The molecule has 0 radical (unpaired) electrons. The zero-order valence-electron chi connectivity index (χ0n) is 12.3. The summed E-state index contributed by atoms with van der Waals surface area (Å²) in [5, 5.41) is 7.97. The molecule has 112 valence electrons. The summed E-state index contributed by atoms with van der Waals surface area (Å²) in [5.74, 6) is 0. The largest absolute Gasteiger partial charge is 0.444 e. The van der Waals surface area contributed by atoms with E-state index in [0.717, 1.165) is 11.4 Å². The quantitative estimate of drug-likeness (QED) is 0.892. The average molecular weight is 305 g/mol. The Bertz CT molecular complexity index is 591. The van der Waals surface area contributed by atoms with E-state index in [9.17, 15) is 4.79 Å². The molecule has 0 saturated heterocycles. The van der Waals surface area contributed by atoms with E-state index in [1.807, 2.05) is 50.4 Å². The zero-order chi connectivity index (χ0) is 15.3. The normalized spacial score (nSPS) is 11.0. The Kier molecular flexibility index (Phi) is 4.80. The molecular formula is C15H19N3O2S. The summed E-state index contributed by atoms with van der Waals surface area (Å²) in [5.41, 5.74) is 3.89. The highest BCUT2D eigenvalue weighted by molar-refractivity contribution is 7.07. The molecule has 2 aromatic rings. The Morgan fingerprint density at radius 3 is 2.76 bits per heavy atom. The van der Waals surface area contributed by atoms with Crippen molar-refractivity contribution in [3.8, 4) is 0 Å². The van der Waals surface area contributed by atoms with E-state index in [0.29, 0.717) is 12.2 Å². The van der Waals surface area contributed by atoms with Crippen LogP contribution in [0.15, 0.2) is 35.2 Å². The van der Waals surface area contributed by atoms with E-state index in [1.54, 1.807) is 16.8 Å². The standard InChI is InChI=1S/C15H19N3O2S/c1-15(2,3)20-14(19)18-12-6-4-5-11(7-12)16-8-13-9-21-10-17-13/h4-7,9-10,16H,8H2,1-3H3,(H,18,19). The van der Waals surface area contributed by atoms with Crippen LogP contribution < -0.4 is 10.6 Å². The van der Waals surface area contributed by atoms with Gasteiger partial charge in [0.25, 0.3) is 0 Å². The third kappa shape index (κ3) is 5.43. The molecule has 0 fully saturated rings. The van der Waals surface area contributed by atoms with Crippen LogP contribution in [0, 0.1) is 0 Å². The minimum absolute atomic E-state index is 0.459. The van der Waals surface area contributed by atoms with Crippen LogP contribution in [0.1, 0.15) is 26.5 Å². The maximum Gasteiger partial charge on any atom is 0.412 e. The fourth-order valence-electron chi connectivity index (χ4n) is 1.65. The minimum atomic E-state index is -0.509. The number of thiazole rings is 1. The summed E-state index contributed by atoms with van der Waals surface area (Å²) >= 11 is 1.57. The van der Waals surface area contributed by atoms with Crippen molar-refractivity contribution in [2.75, 3.05) is 10.6 Å². The number of nitrogens with one attached hydrogen (secondary N) is 2. The van der Waals surface area contributed by atoms with Gasteiger partial charge in [0.1, 0.15) is 5.60 Å². The molecule has 1 aromatic heterocycles. The maximum atomic E-state index is 11.7. The van der Waals surface area contributed by atoms with Crippen LogP contribution in [-0.2, 0) is 11.3 Å². The first-order chi connectivity index (χ1) is 9.92. The Morgan fingerprint density at radius 1 is 1.33 bits per heavy atom. The first kappa shape index (κ1) is 15.3. The number of amides is 1. The van der Waals surface area contributed by atoms with E-state index in [1.165, 1.54) is 0 Å². The van der Waals surface area contributed by atoms with Crippen LogP contribution in [0.3, 0.4) is 0 Å². The van der Waals surface area contributed by atoms with E-state index in [4.69, 9.17) is 4.74 Å². The van der Waals surface area contributed by atoms with Crippen LogP contribution in [0.25, 0.3) is 0 Å². The van der Waals surface area contributed by atoms with E-state index >= 15 is 0 Å². The number of carbonyl (C=O) groups is 1. The van der Waals surface area contributed by atoms with Crippen molar-refractivity contribution in [2.24, 2.45) is 0 Å². The van der Waals surface area contributed by atoms with Crippen molar-refractivity contribution >= 4 is 28.8 Å². The monoisotopic (exact) mass is 305 g/mol. The van der Waals surface area contributed by atoms with E-state index < -0.39 is 11.7 Å². The van der Waals surface area contributed by atoms with Gasteiger partial charge in [-0.05, 0) is 39.0 Å². The summed E-state index contributed by atoms with van der Waals surface area (Å²) in [4.78, 5) is 15.9. The highest BCUT2D eigenvalue weighted by atomic mass is 32.1. The number of carbonyl (C=O) groups excluding carboxylic acids is 1. The molecule has 0 aliphatic carbocycles. The second kappa shape index (κ2) is 6.58. The molecule has 6 heteroatoms. The minimum Gasteiger partial charge on any atom is -0.444 e. The van der Waals surface area contributed by atoms with Crippen LogP contribution >= 0.6 is 11.3 Å². The molecule has 0 aliphatic heterocycles. The first-order valence-electron chi connectivity index (χ1n) is 6.63. The number of aromatic nitrogens is 1. The average Bonchev–Trinajstić information content (AvgIpc) is 2.87. The van der Waals surface area contributed by atoms with Crippen LogP contribution in [0.5, 0.6) is 0 Å². The van der Waals surface area contributed by atoms with Gasteiger partial charge < -0.3 is 10.1 Å². The molecule has 1 amide bonds. The number of hydrogen-bond donors (Lipinski definition) is 2. The second-order valence-corrected chi connectivity index (χ2v) is 6.26. The SMILES string of the molecule is CC(C)(C)OC(=O)Nc1cccc(NCc2cscn2)c1. The number of ether oxygens (including phenoxy) is 1. The number of hydrogen-bond acceptors (Lipinski definition) is 5. The third-order valence-electron chi connectivity index (χ3n) is 2.46. The van der Waals surface area contributed by atoms with Gasteiger partial charge >= 0.3 is 6.09 Å². The molecular weight excluding hydrogens is 286 g/mol. The molecule has 21 heavy (non-hydrogen) atoms. The molecule has 0 spiro atoms. The number of anilines is 2. The molecule has 2 N–H and O–H groups in total. The molecule has 0 aliphatic rings. The molecule has 5 nitrogen and oxygen atoms in total. The van der Waals surface area contributed by atoms with Crippen molar-refractivity contribution in [3.05, 3.63) is 40.8 Å². The Balaban J connectivity index is 1.92. The lowest BCUT2D eigenvalue weighted by Crippen LogP contribution is -2.27. The molecule has 1 aromatic carbocycles. The van der Waals surface area contributed by atoms with Gasteiger partial charge in [-0.25, -0.2) is 9.78 Å². The fraction of sp³-hybridized carbons (Fsp3) is 0.333. The highest BCUT2D eigenvalue weighted by Crippen LogP contribution is 2.17. The lowest BCUT2D eigenvalue weighted by atomic mass is 10.2.